The summed E-state index contributed by atoms with van der Waals surface area (Å²) in [4.78, 5) is 17.9. The second-order valence-corrected chi connectivity index (χ2v) is 6.99. The van der Waals surface area contributed by atoms with Crippen LogP contribution in [0.2, 0.25) is 0 Å². The Bertz CT molecular complexity index is 904. The lowest BCUT2D eigenvalue weighted by Crippen LogP contribution is -2.27. The summed E-state index contributed by atoms with van der Waals surface area (Å²) in [6.07, 6.45) is 5.66. The van der Waals surface area contributed by atoms with Gasteiger partial charge in [0.25, 0.3) is 5.56 Å². The Hall–Kier alpha value is -1.90. The maximum Gasteiger partial charge on any atom is 0.261 e. The lowest BCUT2D eigenvalue weighted by Gasteiger charge is -2.22. The number of benzene rings is 1. The van der Waals surface area contributed by atoms with Gasteiger partial charge in [-0.25, -0.2) is 4.98 Å². The van der Waals surface area contributed by atoms with E-state index in [0.29, 0.717) is 16.5 Å². The van der Waals surface area contributed by atoms with E-state index in [1.165, 1.54) is 12.8 Å². The summed E-state index contributed by atoms with van der Waals surface area (Å²) in [6, 6.07) is 5.29. The number of rotatable bonds is 1. The minimum atomic E-state index is -0.262. The van der Waals surface area contributed by atoms with E-state index in [9.17, 15) is 10.1 Å². The van der Waals surface area contributed by atoms with E-state index >= 15 is 0 Å². The molecule has 1 atom stereocenters. The van der Waals surface area contributed by atoms with E-state index in [1.807, 2.05) is 11.5 Å². The average Bonchev–Trinajstić information content (AvgIpc) is 3.16. The van der Waals surface area contributed by atoms with Crippen LogP contribution >= 0.6 is 12.4 Å². The molecule has 1 aliphatic heterocycles. The Morgan fingerprint density at radius 1 is 1.33 bits per heavy atom. The summed E-state index contributed by atoms with van der Waals surface area (Å²) < 4.78 is 1.83. The first-order chi connectivity index (χ1) is 11.1. The van der Waals surface area contributed by atoms with Crippen LogP contribution in [0.15, 0.2) is 16.9 Å². The Morgan fingerprint density at radius 3 is 2.67 bits per heavy atom. The van der Waals surface area contributed by atoms with Crippen LogP contribution in [0.25, 0.3) is 10.9 Å². The number of aromatic nitrogens is 2. The Balaban J connectivity index is 0.00000169. The molecule has 0 bridgehead atoms. The van der Waals surface area contributed by atoms with Crippen molar-refractivity contribution in [2.24, 2.45) is 5.73 Å². The van der Waals surface area contributed by atoms with Gasteiger partial charge in [0.15, 0.2) is 0 Å². The van der Waals surface area contributed by atoms with Crippen LogP contribution in [-0.2, 0) is 12.0 Å². The zero-order valence-electron chi connectivity index (χ0n) is 13.7. The largest absolute Gasteiger partial charge is 0.324 e. The van der Waals surface area contributed by atoms with Gasteiger partial charge in [-0.1, -0.05) is 12.8 Å². The van der Waals surface area contributed by atoms with E-state index in [4.69, 9.17) is 10.7 Å². The van der Waals surface area contributed by atoms with Crippen molar-refractivity contribution in [3.63, 3.8) is 0 Å². The Labute approximate surface area is 146 Å². The molecule has 1 aromatic carbocycles. The first kappa shape index (κ1) is 16.9. The van der Waals surface area contributed by atoms with Gasteiger partial charge >= 0.3 is 0 Å². The van der Waals surface area contributed by atoms with E-state index < -0.39 is 0 Å². The van der Waals surface area contributed by atoms with Gasteiger partial charge in [0.05, 0.1) is 22.5 Å². The van der Waals surface area contributed by atoms with Crippen molar-refractivity contribution in [2.75, 3.05) is 0 Å². The summed E-state index contributed by atoms with van der Waals surface area (Å²) in [6.45, 7) is 2.61. The second kappa shape index (κ2) is 5.87. The molecule has 1 spiro atoms. The molecule has 1 aliphatic carbocycles. The van der Waals surface area contributed by atoms with Crippen LogP contribution in [0.1, 0.15) is 62.0 Å². The lowest BCUT2D eigenvalue weighted by atomic mass is 9.84. The second-order valence-electron chi connectivity index (χ2n) is 6.99. The highest BCUT2D eigenvalue weighted by atomic mass is 35.5. The number of hydrogen-bond donors (Lipinski definition) is 1. The van der Waals surface area contributed by atoms with E-state index in [1.54, 1.807) is 12.1 Å². The first-order valence-electron chi connectivity index (χ1n) is 8.30. The van der Waals surface area contributed by atoms with Gasteiger partial charge < -0.3 is 5.73 Å². The molecule has 2 N–H and O–H groups in total. The molecule has 0 saturated heterocycles. The topological polar surface area (TPSA) is 84.7 Å². The van der Waals surface area contributed by atoms with Crippen LogP contribution in [0.5, 0.6) is 0 Å². The van der Waals surface area contributed by atoms with Gasteiger partial charge in [-0.05, 0) is 43.9 Å². The Morgan fingerprint density at radius 2 is 2.04 bits per heavy atom. The first-order valence-corrected chi connectivity index (χ1v) is 8.30. The average molecular weight is 345 g/mol. The molecule has 2 aromatic rings. The summed E-state index contributed by atoms with van der Waals surface area (Å²) >= 11 is 0. The number of fused-ring (bicyclic) bond motifs is 3. The summed E-state index contributed by atoms with van der Waals surface area (Å²) in [5.74, 6) is 0.944. The number of halogens is 1. The minimum Gasteiger partial charge on any atom is -0.324 e. The van der Waals surface area contributed by atoms with E-state index in [2.05, 4.69) is 6.07 Å². The lowest BCUT2D eigenvalue weighted by molar-refractivity contribution is 0.429. The molecule has 2 heterocycles. The van der Waals surface area contributed by atoms with E-state index in [0.717, 1.165) is 37.2 Å². The third-order valence-corrected chi connectivity index (χ3v) is 5.56. The fourth-order valence-electron chi connectivity index (χ4n) is 4.34. The molecule has 126 valence electrons. The van der Waals surface area contributed by atoms with Gasteiger partial charge in [0.2, 0.25) is 0 Å². The van der Waals surface area contributed by atoms with Gasteiger partial charge in [0.1, 0.15) is 5.82 Å². The summed E-state index contributed by atoms with van der Waals surface area (Å²) in [5, 5.41) is 9.76. The quantitative estimate of drug-likeness (QED) is 0.861. The number of nitrogens with two attached hydrogens (primary N) is 1. The molecular weight excluding hydrogens is 324 g/mol. The van der Waals surface area contributed by atoms with Crippen molar-refractivity contribution in [3.05, 3.63) is 39.4 Å². The highest BCUT2D eigenvalue weighted by Crippen LogP contribution is 2.46. The minimum absolute atomic E-state index is 0. The molecule has 1 fully saturated rings. The van der Waals surface area contributed by atoms with Crippen LogP contribution in [0, 0.1) is 11.3 Å². The Kier molecular flexibility index (Phi) is 4.15. The highest BCUT2D eigenvalue weighted by Gasteiger charge is 2.43. The molecular formula is C18H21ClN4O. The van der Waals surface area contributed by atoms with E-state index in [-0.39, 0.29) is 29.4 Å². The highest BCUT2D eigenvalue weighted by molar-refractivity contribution is 5.85. The van der Waals surface area contributed by atoms with Crippen LogP contribution in [-0.4, -0.2) is 9.55 Å². The van der Waals surface area contributed by atoms with Gasteiger partial charge in [-0.15, -0.1) is 12.4 Å². The molecule has 6 heteroatoms. The summed E-state index contributed by atoms with van der Waals surface area (Å²) in [5.41, 5.74) is 8.09. The number of hydrogen-bond acceptors (Lipinski definition) is 4. The van der Waals surface area contributed by atoms with Crippen molar-refractivity contribution in [1.29, 1.82) is 5.26 Å². The molecule has 24 heavy (non-hydrogen) atoms. The SMILES string of the molecule is C[C@@H](N)c1cc(C#N)cc2c(=O)n3c(nc12)C1(CCCC1)CC3.Cl. The van der Waals surface area contributed by atoms with Gasteiger partial charge in [0, 0.05) is 18.0 Å². The van der Waals surface area contributed by atoms with Crippen LogP contribution in [0.4, 0.5) is 0 Å². The predicted molar refractivity (Wildman–Crippen MR) is 95.3 cm³/mol. The standard InChI is InChI=1S/C18H20N4O.ClH/c1-11(20)13-8-12(10-19)9-14-15(13)21-17-18(4-2-3-5-18)6-7-22(17)16(14)23;/h8-9,11H,2-7,20H2,1H3;1H/t11-;/m1./s1. The summed E-state index contributed by atoms with van der Waals surface area (Å²) in [7, 11) is 0. The van der Waals surface area contributed by atoms with Crippen molar-refractivity contribution in [1.82, 2.24) is 9.55 Å². The van der Waals surface area contributed by atoms with Crippen molar-refractivity contribution < 1.29 is 0 Å². The fraction of sp³-hybridized carbons (Fsp3) is 0.500. The molecule has 4 rings (SSSR count). The normalized spacial score (nSPS) is 19.0. The molecule has 1 saturated carbocycles. The zero-order valence-corrected chi connectivity index (χ0v) is 14.5. The van der Waals surface area contributed by atoms with Crippen molar-refractivity contribution in [2.45, 2.75) is 57.0 Å². The van der Waals surface area contributed by atoms with Crippen LogP contribution < -0.4 is 11.3 Å². The maximum atomic E-state index is 13.0. The maximum absolute atomic E-state index is 13.0. The fourth-order valence-corrected chi connectivity index (χ4v) is 4.34. The van der Waals surface area contributed by atoms with Crippen molar-refractivity contribution in [3.8, 4) is 6.07 Å². The van der Waals surface area contributed by atoms with Crippen LogP contribution in [0.3, 0.4) is 0 Å². The molecule has 0 radical (unpaired) electrons. The number of nitriles is 1. The van der Waals surface area contributed by atoms with Gasteiger partial charge in [-0.2, -0.15) is 5.26 Å². The molecule has 0 unspecified atom stereocenters. The predicted octanol–water partition coefficient (Wildman–Crippen LogP) is 2.93. The molecule has 5 nitrogen and oxygen atoms in total. The molecule has 1 aromatic heterocycles. The van der Waals surface area contributed by atoms with Crippen molar-refractivity contribution >= 4 is 23.3 Å². The zero-order chi connectivity index (χ0) is 16.2. The molecule has 0 amide bonds. The van der Waals surface area contributed by atoms with Gasteiger partial charge in [-0.3, -0.25) is 9.36 Å². The number of nitrogens with zero attached hydrogens (tertiary/aromatic N) is 3. The smallest absolute Gasteiger partial charge is 0.261 e. The molecule has 2 aliphatic rings. The third kappa shape index (κ3) is 2.25. The monoisotopic (exact) mass is 344 g/mol. The third-order valence-electron chi connectivity index (χ3n) is 5.56.